The first-order valence-corrected chi connectivity index (χ1v) is 12.8. The third-order valence-electron chi connectivity index (χ3n) is 5.95. The lowest BCUT2D eigenvalue weighted by Gasteiger charge is -2.12. The van der Waals surface area contributed by atoms with Crippen molar-refractivity contribution in [2.24, 2.45) is 0 Å². The molecule has 0 unspecified atom stereocenters. The van der Waals surface area contributed by atoms with Gasteiger partial charge in [0, 0.05) is 11.4 Å². The van der Waals surface area contributed by atoms with Gasteiger partial charge < -0.3 is 10.3 Å². The number of thioether (sulfide) groups is 1. The van der Waals surface area contributed by atoms with Gasteiger partial charge in [-0.05, 0) is 41.3 Å². The van der Waals surface area contributed by atoms with E-state index in [9.17, 15) is 9.59 Å². The summed E-state index contributed by atoms with van der Waals surface area (Å²) < 4.78 is 1.64. The van der Waals surface area contributed by atoms with Crippen LogP contribution in [0.15, 0.2) is 101 Å². The third-order valence-corrected chi connectivity index (χ3v) is 6.93. The molecule has 0 aliphatic heterocycles. The van der Waals surface area contributed by atoms with Crippen molar-refractivity contribution in [1.82, 2.24) is 14.5 Å². The molecule has 0 atom stereocenters. The topological polar surface area (TPSA) is 79.8 Å². The van der Waals surface area contributed by atoms with Crippen LogP contribution >= 0.6 is 11.8 Å². The van der Waals surface area contributed by atoms with Crippen LogP contribution in [0.25, 0.3) is 22.3 Å². The number of hydrogen-bond donors (Lipinski definition) is 2. The predicted molar refractivity (Wildman–Crippen MR) is 147 cm³/mol. The number of nitrogens with one attached hydrogen (secondary N) is 2. The van der Waals surface area contributed by atoms with Crippen LogP contribution in [0.2, 0.25) is 0 Å². The van der Waals surface area contributed by atoms with E-state index >= 15 is 0 Å². The van der Waals surface area contributed by atoms with Gasteiger partial charge in [0.1, 0.15) is 5.52 Å². The van der Waals surface area contributed by atoms with Crippen molar-refractivity contribution in [2.75, 3.05) is 11.1 Å². The lowest BCUT2D eigenvalue weighted by Crippen LogP contribution is -2.25. The second-order valence-corrected chi connectivity index (χ2v) is 9.41. The summed E-state index contributed by atoms with van der Waals surface area (Å²) in [7, 11) is 0. The van der Waals surface area contributed by atoms with E-state index in [-0.39, 0.29) is 17.2 Å². The van der Waals surface area contributed by atoms with Gasteiger partial charge in [-0.1, -0.05) is 91.5 Å². The number of H-pyrrole nitrogens is 1. The van der Waals surface area contributed by atoms with E-state index in [0.29, 0.717) is 22.7 Å². The molecule has 0 saturated heterocycles. The van der Waals surface area contributed by atoms with Gasteiger partial charge in [-0.3, -0.25) is 14.2 Å². The molecule has 2 N–H and O–H groups in total. The first kappa shape index (κ1) is 23.6. The minimum absolute atomic E-state index is 0.137. The smallest absolute Gasteiger partial charge is 0.278 e. The molecule has 5 aromatic rings. The van der Waals surface area contributed by atoms with E-state index < -0.39 is 0 Å². The van der Waals surface area contributed by atoms with Gasteiger partial charge in [0.2, 0.25) is 5.91 Å². The van der Waals surface area contributed by atoms with Gasteiger partial charge in [0.25, 0.3) is 5.56 Å². The van der Waals surface area contributed by atoms with Crippen LogP contribution in [0.3, 0.4) is 0 Å². The number of anilines is 1. The molecule has 1 amide bonds. The molecular weight excluding hydrogens is 468 g/mol. The monoisotopic (exact) mass is 494 g/mol. The van der Waals surface area contributed by atoms with Crippen molar-refractivity contribution in [2.45, 2.75) is 25.0 Å². The molecule has 7 heteroatoms. The molecule has 5 rings (SSSR count). The molecule has 0 radical (unpaired) electrons. The molecule has 0 aliphatic rings. The fourth-order valence-corrected chi connectivity index (χ4v) is 4.82. The van der Waals surface area contributed by atoms with E-state index in [1.54, 1.807) is 4.57 Å². The first-order valence-electron chi connectivity index (χ1n) is 11.8. The van der Waals surface area contributed by atoms with E-state index in [0.717, 1.165) is 28.9 Å². The van der Waals surface area contributed by atoms with E-state index in [1.165, 1.54) is 17.3 Å². The van der Waals surface area contributed by atoms with Crippen molar-refractivity contribution < 1.29 is 4.79 Å². The van der Waals surface area contributed by atoms with Crippen LogP contribution < -0.4 is 10.9 Å². The van der Waals surface area contributed by atoms with Crippen LogP contribution in [-0.4, -0.2) is 26.2 Å². The molecule has 36 heavy (non-hydrogen) atoms. The van der Waals surface area contributed by atoms with E-state index in [4.69, 9.17) is 4.98 Å². The van der Waals surface area contributed by atoms with Crippen molar-refractivity contribution in [1.29, 1.82) is 0 Å². The Hall–Kier alpha value is -4.10. The molecule has 180 valence electrons. The maximum Gasteiger partial charge on any atom is 0.278 e. The summed E-state index contributed by atoms with van der Waals surface area (Å²) in [5, 5.41) is 3.43. The number of aromatic amines is 1. The summed E-state index contributed by atoms with van der Waals surface area (Å²) in [4.78, 5) is 34.3. The number of amides is 1. The fourth-order valence-electron chi connectivity index (χ4n) is 4.02. The number of nitrogens with zero attached hydrogens (tertiary/aromatic N) is 2. The van der Waals surface area contributed by atoms with Crippen molar-refractivity contribution >= 4 is 34.4 Å². The summed E-state index contributed by atoms with van der Waals surface area (Å²) in [5.74, 6) is -0.0120. The SMILES string of the molecule is CCc1ccc(NC(=O)CSc2nc3cc(-c4ccccc4)[nH]c3c(=O)n2Cc2ccccc2)cc1. The highest BCUT2D eigenvalue weighted by atomic mass is 32.2. The highest BCUT2D eigenvalue weighted by Crippen LogP contribution is 2.24. The Morgan fingerprint density at radius 3 is 2.33 bits per heavy atom. The molecule has 6 nitrogen and oxygen atoms in total. The molecule has 2 heterocycles. The Balaban J connectivity index is 1.45. The quantitative estimate of drug-likeness (QED) is 0.213. The number of aryl methyl sites for hydroxylation is 1. The highest BCUT2D eigenvalue weighted by Gasteiger charge is 2.16. The Labute approximate surface area is 213 Å². The maximum absolute atomic E-state index is 13.6. The van der Waals surface area contributed by atoms with Crippen molar-refractivity contribution in [3.63, 3.8) is 0 Å². The van der Waals surface area contributed by atoms with E-state index in [2.05, 4.69) is 17.2 Å². The zero-order chi connectivity index (χ0) is 24.9. The zero-order valence-corrected chi connectivity index (χ0v) is 20.7. The number of benzene rings is 3. The van der Waals surface area contributed by atoms with Gasteiger partial charge in [-0.15, -0.1) is 0 Å². The fraction of sp³-hybridized carbons (Fsp3) is 0.138. The van der Waals surface area contributed by atoms with Gasteiger partial charge >= 0.3 is 0 Å². The summed E-state index contributed by atoms with van der Waals surface area (Å²) in [5.41, 5.74) is 5.63. The molecule has 0 saturated carbocycles. The zero-order valence-electron chi connectivity index (χ0n) is 19.9. The second kappa shape index (κ2) is 10.7. The number of aromatic nitrogens is 3. The average Bonchev–Trinajstić information content (AvgIpc) is 3.35. The molecule has 0 spiro atoms. The summed E-state index contributed by atoms with van der Waals surface area (Å²) in [6.07, 6.45) is 0.947. The Morgan fingerprint density at radius 2 is 1.64 bits per heavy atom. The third kappa shape index (κ3) is 5.26. The van der Waals surface area contributed by atoms with Gasteiger partial charge in [0.05, 0.1) is 17.8 Å². The summed E-state index contributed by atoms with van der Waals surface area (Å²) in [6, 6.07) is 29.3. The average molecular weight is 495 g/mol. The Bertz CT molecular complexity index is 1540. The normalized spacial score (nSPS) is 11.0. The lowest BCUT2D eigenvalue weighted by molar-refractivity contribution is -0.113. The Kier molecular flexibility index (Phi) is 7.00. The number of carbonyl (C=O) groups excluding carboxylic acids is 1. The summed E-state index contributed by atoms with van der Waals surface area (Å²) >= 11 is 1.26. The second-order valence-electron chi connectivity index (χ2n) is 8.47. The largest absolute Gasteiger partial charge is 0.349 e. The molecular formula is C29H26N4O2S. The van der Waals surface area contributed by atoms with Crippen LogP contribution in [0, 0.1) is 0 Å². The van der Waals surface area contributed by atoms with Gasteiger partial charge in [-0.2, -0.15) is 0 Å². The standard InChI is InChI=1S/C29H26N4O2S/c1-2-20-13-15-23(16-14-20)30-26(34)19-36-29-32-25-17-24(22-11-7-4-8-12-22)31-27(25)28(35)33(29)18-21-9-5-3-6-10-21/h3-17,31H,2,18-19H2,1H3,(H,30,34). The molecule has 0 aliphatic carbocycles. The number of carbonyl (C=O) groups is 1. The van der Waals surface area contributed by atoms with Crippen molar-refractivity contribution in [3.05, 3.63) is 112 Å². The lowest BCUT2D eigenvalue weighted by atomic mass is 10.1. The molecule has 0 bridgehead atoms. The molecule has 0 fully saturated rings. The number of rotatable bonds is 8. The summed E-state index contributed by atoms with van der Waals surface area (Å²) in [6.45, 7) is 2.46. The van der Waals surface area contributed by atoms with Crippen LogP contribution in [0.4, 0.5) is 5.69 Å². The highest BCUT2D eigenvalue weighted by molar-refractivity contribution is 7.99. The van der Waals surface area contributed by atoms with Crippen molar-refractivity contribution in [3.8, 4) is 11.3 Å². The van der Waals surface area contributed by atoms with E-state index in [1.807, 2.05) is 91.0 Å². The Morgan fingerprint density at radius 1 is 0.944 bits per heavy atom. The number of hydrogen-bond acceptors (Lipinski definition) is 4. The van der Waals surface area contributed by atoms with Crippen LogP contribution in [-0.2, 0) is 17.8 Å². The van der Waals surface area contributed by atoms with Gasteiger partial charge in [0.15, 0.2) is 5.16 Å². The van der Waals surface area contributed by atoms with Crippen LogP contribution in [0.1, 0.15) is 18.1 Å². The number of fused-ring (bicyclic) bond motifs is 1. The van der Waals surface area contributed by atoms with Gasteiger partial charge in [-0.25, -0.2) is 4.98 Å². The minimum Gasteiger partial charge on any atom is -0.349 e. The van der Waals surface area contributed by atoms with Crippen LogP contribution in [0.5, 0.6) is 0 Å². The minimum atomic E-state index is -0.163. The first-order chi connectivity index (χ1) is 17.6. The molecule has 3 aromatic carbocycles. The maximum atomic E-state index is 13.6. The molecule has 2 aromatic heterocycles. The predicted octanol–water partition coefficient (Wildman–Crippen LogP) is 5.73.